The van der Waals surface area contributed by atoms with Crippen molar-refractivity contribution in [3.8, 4) is 0 Å². The summed E-state index contributed by atoms with van der Waals surface area (Å²) < 4.78 is 0.932. The molecule has 1 rings (SSSR count). The van der Waals surface area contributed by atoms with Gasteiger partial charge in [-0.3, -0.25) is 0 Å². The van der Waals surface area contributed by atoms with Gasteiger partial charge in [-0.15, -0.1) is 0 Å². The summed E-state index contributed by atoms with van der Waals surface area (Å²) >= 11 is 3.41. The molecule has 0 saturated heterocycles. The Labute approximate surface area is 125 Å². The number of anilines is 2. The molecule has 0 bridgehead atoms. The molecular weight excluding hydrogens is 302 g/mol. The molecule has 0 aromatic carbocycles. The molecule has 0 fully saturated rings. The lowest BCUT2D eigenvalue weighted by molar-refractivity contribution is 0.533. The van der Waals surface area contributed by atoms with Gasteiger partial charge >= 0.3 is 0 Å². The summed E-state index contributed by atoms with van der Waals surface area (Å²) in [6, 6.07) is 1.93. The molecule has 1 heterocycles. The van der Waals surface area contributed by atoms with Gasteiger partial charge in [-0.05, 0) is 46.7 Å². The van der Waals surface area contributed by atoms with E-state index >= 15 is 0 Å². The highest BCUT2D eigenvalue weighted by Crippen LogP contribution is 2.25. The van der Waals surface area contributed by atoms with Crippen LogP contribution >= 0.6 is 15.9 Å². The second-order valence-corrected chi connectivity index (χ2v) is 6.83. The van der Waals surface area contributed by atoms with Gasteiger partial charge in [-0.1, -0.05) is 27.7 Å². The molecule has 2 N–H and O–H groups in total. The summed E-state index contributed by atoms with van der Waals surface area (Å²) in [5.74, 6) is 2.31. The highest BCUT2D eigenvalue weighted by Gasteiger charge is 2.13. The summed E-state index contributed by atoms with van der Waals surface area (Å²) in [5.41, 5.74) is 6.85. The molecule has 4 heteroatoms. The van der Waals surface area contributed by atoms with Gasteiger partial charge in [0.15, 0.2) is 5.82 Å². The van der Waals surface area contributed by atoms with Crippen LogP contribution in [0.1, 0.15) is 40.5 Å². The van der Waals surface area contributed by atoms with E-state index in [9.17, 15) is 0 Å². The third-order valence-corrected chi connectivity index (χ3v) is 3.55. The lowest BCUT2D eigenvalue weighted by Gasteiger charge is -2.26. The van der Waals surface area contributed by atoms with E-state index in [4.69, 9.17) is 5.73 Å². The third kappa shape index (κ3) is 5.81. The number of pyridine rings is 1. The van der Waals surface area contributed by atoms with Crippen LogP contribution in [-0.2, 0) is 0 Å². The SMILES string of the molecule is CC(C)CCN(CCC(C)C)c1ncc(Br)cc1N. The molecule has 1 aromatic rings. The zero-order valence-electron chi connectivity index (χ0n) is 12.5. The van der Waals surface area contributed by atoms with E-state index in [-0.39, 0.29) is 0 Å². The van der Waals surface area contributed by atoms with E-state index in [1.165, 1.54) is 0 Å². The predicted molar refractivity (Wildman–Crippen MR) is 87.5 cm³/mol. The lowest BCUT2D eigenvalue weighted by Crippen LogP contribution is -2.29. The van der Waals surface area contributed by atoms with Gasteiger partial charge in [-0.25, -0.2) is 4.98 Å². The molecule has 0 saturated carbocycles. The van der Waals surface area contributed by atoms with Crippen LogP contribution in [0, 0.1) is 11.8 Å². The van der Waals surface area contributed by atoms with Gasteiger partial charge in [-0.2, -0.15) is 0 Å². The van der Waals surface area contributed by atoms with Gasteiger partial charge < -0.3 is 10.6 Å². The minimum absolute atomic E-state index is 0.693. The molecule has 0 aliphatic carbocycles. The van der Waals surface area contributed by atoms with Crippen LogP contribution in [0.5, 0.6) is 0 Å². The van der Waals surface area contributed by atoms with Gasteiger partial charge in [0.1, 0.15) is 0 Å². The Bertz CT molecular complexity index is 379. The summed E-state index contributed by atoms with van der Waals surface area (Å²) in [5, 5.41) is 0. The number of rotatable bonds is 7. The number of nitrogens with two attached hydrogens (primary N) is 1. The largest absolute Gasteiger partial charge is 0.396 e. The zero-order chi connectivity index (χ0) is 14.4. The van der Waals surface area contributed by atoms with Crippen LogP contribution in [0.2, 0.25) is 0 Å². The van der Waals surface area contributed by atoms with Crippen molar-refractivity contribution in [2.75, 3.05) is 23.7 Å². The maximum atomic E-state index is 6.10. The molecule has 0 unspecified atom stereocenters. The number of hydrogen-bond acceptors (Lipinski definition) is 3. The molecule has 0 aliphatic rings. The Kier molecular flexibility index (Phi) is 6.63. The average Bonchev–Trinajstić information content (AvgIpc) is 2.30. The number of nitrogen functional groups attached to an aromatic ring is 1. The van der Waals surface area contributed by atoms with E-state index < -0.39 is 0 Å². The van der Waals surface area contributed by atoms with Crippen molar-refractivity contribution in [1.82, 2.24) is 4.98 Å². The van der Waals surface area contributed by atoms with Crippen LogP contribution in [0.3, 0.4) is 0 Å². The Morgan fingerprint density at radius 3 is 2.11 bits per heavy atom. The first-order chi connectivity index (χ1) is 8.90. The second kappa shape index (κ2) is 7.73. The van der Waals surface area contributed by atoms with E-state index in [1.54, 1.807) is 0 Å². The van der Waals surface area contributed by atoms with Gasteiger partial charge in [0.05, 0.1) is 5.69 Å². The number of hydrogen-bond donors (Lipinski definition) is 1. The van der Waals surface area contributed by atoms with E-state index in [2.05, 4.69) is 53.5 Å². The second-order valence-electron chi connectivity index (χ2n) is 5.92. The molecule has 108 valence electrons. The average molecular weight is 328 g/mol. The van der Waals surface area contributed by atoms with Crippen molar-refractivity contribution in [2.45, 2.75) is 40.5 Å². The Morgan fingerprint density at radius 1 is 1.16 bits per heavy atom. The van der Waals surface area contributed by atoms with Crippen molar-refractivity contribution in [2.24, 2.45) is 11.8 Å². The summed E-state index contributed by atoms with van der Waals surface area (Å²) in [7, 11) is 0. The van der Waals surface area contributed by atoms with Crippen LogP contribution in [-0.4, -0.2) is 18.1 Å². The van der Waals surface area contributed by atoms with Crippen molar-refractivity contribution in [3.05, 3.63) is 16.7 Å². The van der Waals surface area contributed by atoms with E-state index in [0.717, 1.165) is 41.9 Å². The molecule has 3 nitrogen and oxygen atoms in total. The first-order valence-corrected chi connectivity index (χ1v) is 7.85. The van der Waals surface area contributed by atoms with Crippen LogP contribution < -0.4 is 10.6 Å². The minimum Gasteiger partial charge on any atom is -0.396 e. The molecule has 19 heavy (non-hydrogen) atoms. The van der Waals surface area contributed by atoms with Crippen molar-refractivity contribution >= 4 is 27.4 Å². The molecule has 0 radical (unpaired) electrons. The smallest absolute Gasteiger partial charge is 0.151 e. The Hall–Kier alpha value is -0.770. The fourth-order valence-electron chi connectivity index (χ4n) is 1.86. The van der Waals surface area contributed by atoms with Crippen LogP contribution in [0.25, 0.3) is 0 Å². The maximum absolute atomic E-state index is 6.10. The van der Waals surface area contributed by atoms with Crippen molar-refractivity contribution in [1.29, 1.82) is 0 Å². The molecular formula is C15H26BrN3. The molecule has 1 aromatic heterocycles. The topological polar surface area (TPSA) is 42.2 Å². The van der Waals surface area contributed by atoms with Crippen LogP contribution in [0.15, 0.2) is 16.7 Å². The summed E-state index contributed by atoms with van der Waals surface area (Å²) in [6.07, 6.45) is 4.15. The van der Waals surface area contributed by atoms with E-state index in [0.29, 0.717) is 11.8 Å². The third-order valence-electron chi connectivity index (χ3n) is 3.11. The molecule has 0 atom stereocenters. The normalized spacial score (nSPS) is 11.3. The van der Waals surface area contributed by atoms with Gasteiger partial charge in [0.2, 0.25) is 0 Å². The Morgan fingerprint density at radius 2 is 1.68 bits per heavy atom. The van der Waals surface area contributed by atoms with Gasteiger partial charge in [0, 0.05) is 23.8 Å². The number of aromatic nitrogens is 1. The maximum Gasteiger partial charge on any atom is 0.151 e. The number of halogens is 1. The van der Waals surface area contributed by atoms with Crippen molar-refractivity contribution < 1.29 is 0 Å². The quantitative estimate of drug-likeness (QED) is 0.810. The zero-order valence-corrected chi connectivity index (χ0v) is 14.1. The Balaban J connectivity index is 2.81. The minimum atomic E-state index is 0.693. The van der Waals surface area contributed by atoms with Gasteiger partial charge in [0.25, 0.3) is 0 Å². The van der Waals surface area contributed by atoms with E-state index in [1.807, 2.05) is 12.3 Å². The lowest BCUT2D eigenvalue weighted by atomic mass is 10.1. The first kappa shape index (κ1) is 16.3. The monoisotopic (exact) mass is 327 g/mol. The fourth-order valence-corrected chi connectivity index (χ4v) is 2.21. The molecule has 0 aliphatic heterocycles. The first-order valence-electron chi connectivity index (χ1n) is 7.06. The standard InChI is InChI=1S/C15H26BrN3/c1-11(2)5-7-19(8-6-12(3)4)15-14(17)9-13(16)10-18-15/h9-12H,5-8,17H2,1-4H3. The van der Waals surface area contributed by atoms with Crippen LogP contribution in [0.4, 0.5) is 11.5 Å². The van der Waals surface area contributed by atoms with Crippen molar-refractivity contribution in [3.63, 3.8) is 0 Å². The number of nitrogens with zero attached hydrogens (tertiary/aromatic N) is 2. The molecule has 0 amide bonds. The molecule has 0 spiro atoms. The highest BCUT2D eigenvalue weighted by molar-refractivity contribution is 9.10. The highest BCUT2D eigenvalue weighted by atomic mass is 79.9. The fraction of sp³-hybridized carbons (Fsp3) is 0.667. The summed E-state index contributed by atoms with van der Waals surface area (Å²) in [6.45, 7) is 11.0. The predicted octanol–water partition coefficient (Wildman–Crippen LogP) is 4.32. The summed E-state index contributed by atoms with van der Waals surface area (Å²) in [4.78, 5) is 6.81.